The number of rotatable bonds is 8. The van der Waals surface area contributed by atoms with E-state index in [9.17, 15) is 13.9 Å². The number of aryl methyl sites for hydroxylation is 1. The second kappa shape index (κ2) is 12.0. The lowest BCUT2D eigenvalue weighted by molar-refractivity contribution is -0.0498. The van der Waals surface area contributed by atoms with Crippen molar-refractivity contribution in [3.8, 4) is 5.75 Å². The molecule has 0 fully saturated rings. The SMILES string of the molecule is CCNC(=NCc1nnc2n1CCCC2)NCC(O)c1ccc(OC(F)F)cc1.I. The molecule has 2 aromatic rings. The molecular formula is C19H27F2IN6O2. The van der Waals surface area contributed by atoms with Crippen LogP contribution in [0, 0.1) is 0 Å². The second-order valence-electron chi connectivity index (χ2n) is 6.68. The number of hydrogen-bond donors (Lipinski definition) is 3. The van der Waals surface area contributed by atoms with Gasteiger partial charge in [0.05, 0.1) is 6.10 Å². The predicted molar refractivity (Wildman–Crippen MR) is 119 cm³/mol. The quantitative estimate of drug-likeness (QED) is 0.273. The summed E-state index contributed by atoms with van der Waals surface area (Å²) in [4.78, 5) is 4.53. The minimum atomic E-state index is -2.87. The van der Waals surface area contributed by atoms with Crippen LogP contribution in [0.4, 0.5) is 8.78 Å². The lowest BCUT2D eigenvalue weighted by Crippen LogP contribution is -2.39. The summed E-state index contributed by atoms with van der Waals surface area (Å²) in [5, 5.41) is 25.0. The Balaban J connectivity index is 0.00000320. The van der Waals surface area contributed by atoms with Gasteiger partial charge in [-0.1, -0.05) is 12.1 Å². The molecule has 0 saturated heterocycles. The number of alkyl halides is 2. The van der Waals surface area contributed by atoms with Gasteiger partial charge in [0.2, 0.25) is 0 Å². The Morgan fingerprint density at radius 3 is 2.70 bits per heavy atom. The molecule has 166 valence electrons. The third-order valence-electron chi connectivity index (χ3n) is 4.61. The zero-order valence-corrected chi connectivity index (χ0v) is 19.1. The van der Waals surface area contributed by atoms with Gasteiger partial charge in [-0.2, -0.15) is 8.78 Å². The van der Waals surface area contributed by atoms with Crippen molar-refractivity contribution in [2.24, 2.45) is 4.99 Å². The van der Waals surface area contributed by atoms with E-state index in [0.717, 1.165) is 37.5 Å². The fourth-order valence-corrected chi connectivity index (χ4v) is 3.16. The summed E-state index contributed by atoms with van der Waals surface area (Å²) in [6.07, 6.45) is 2.37. The summed E-state index contributed by atoms with van der Waals surface area (Å²) in [5.41, 5.74) is 0.585. The zero-order chi connectivity index (χ0) is 20.6. The van der Waals surface area contributed by atoms with Gasteiger partial charge in [-0.25, -0.2) is 4.99 Å². The van der Waals surface area contributed by atoms with Crippen LogP contribution in [0.15, 0.2) is 29.3 Å². The first-order valence-electron chi connectivity index (χ1n) is 9.72. The number of aromatic nitrogens is 3. The molecule has 30 heavy (non-hydrogen) atoms. The Morgan fingerprint density at radius 1 is 1.23 bits per heavy atom. The van der Waals surface area contributed by atoms with Crippen molar-refractivity contribution < 1.29 is 18.6 Å². The van der Waals surface area contributed by atoms with Crippen molar-refractivity contribution in [2.75, 3.05) is 13.1 Å². The molecule has 0 saturated carbocycles. The van der Waals surface area contributed by atoms with Gasteiger partial charge in [0.1, 0.15) is 18.1 Å². The van der Waals surface area contributed by atoms with Crippen LogP contribution >= 0.6 is 24.0 Å². The molecule has 0 amide bonds. The van der Waals surface area contributed by atoms with E-state index < -0.39 is 12.7 Å². The third kappa shape index (κ3) is 6.76. The number of aliphatic imine (C=N–C) groups is 1. The summed E-state index contributed by atoms with van der Waals surface area (Å²) in [6.45, 7) is 1.26. The average Bonchev–Trinajstić information content (AvgIpc) is 3.13. The average molecular weight is 536 g/mol. The molecular weight excluding hydrogens is 509 g/mol. The third-order valence-corrected chi connectivity index (χ3v) is 4.61. The van der Waals surface area contributed by atoms with Crippen LogP contribution in [0.3, 0.4) is 0 Å². The van der Waals surface area contributed by atoms with Crippen molar-refractivity contribution in [1.29, 1.82) is 0 Å². The molecule has 0 aliphatic carbocycles. The Hall–Kier alpha value is -2.02. The topological polar surface area (TPSA) is 96.6 Å². The first kappa shape index (κ1) is 24.3. The minimum Gasteiger partial charge on any atom is -0.435 e. The highest BCUT2D eigenvalue weighted by Gasteiger charge is 2.15. The zero-order valence-electron chi connectivity index (χ0n) is 16.7. The molecule has 0 bridgehead atoms. The maximum atomic E-state index is 12.2. The highest BCUT2D eigenvalue weighted by Crippen LogP contribution is 2.19. The van der Waals surface area contributed by atoms with E-state index in [0.29, 0.717) is 24.6 Å². The smallest absolute Gasteiger partial charge is 0.387 e. The lowest BCUT2D eigenvalue weighted by atomic mass is 10.1. The van der Waals surface area contributed by atoms with Crippen molar-refractivity contribution in [1.82, 2.24) is 25.4 Å². The lowest BCUT2D eigenvalue weighted by Gasteiger charge is -2.16. The van der Waals surface area contributed by atoms with Gasteiger partial charge >= 0.3 is 6.61 Å². The molecule has 1 aliphatic heterocycles. The van der Waals surface area contributed by atoms with E-state index in [4.69, 9.17) is 0 Å². The molecule has 3 N–H and O–H groups in total. The molecule has 1 aromatic heterocycles. The standard InChI is InChI=1S/C19H26F2N6O2.HI/c1-2-22-19(24-12-17-26-25-16-5-3-4-10-27(16)17)23-11-15(28)13-6-8-14(9-7-13)29-18(20)21;/h6-9,15,18,28H,2-5,10-12H2,1H3,(H2,22,23,24);1H. The number of fused-ring (bicyclic) bond motifs is 1. The van der Waals surface area contributed by atoms with Crippen molar-refractivity contribution >= 4 is 29.9 Å². The summed E-state index contributed by atoms with van der Waals surface area (Å²) in [7, 11) is 0. The van der Waals surface area contributed by atoms with Crippen LogP contribution in [0.25, 0.3) is 0 Å². The highest BCUT2D eigenvalue weighted by molar-refractivity contribution is 14.0. The summed E-state index contributed by atoms with van der Waals surface area (Å²) < 4.78 is 30.9. The summed E-state index contributed by atoms with van der Waals surface area (Å²) >= 11 is 0. The van der Waals surface area contributed by atoms with Crippen molar-refractivity contribution in [3.05, 3.63) is 41.5 Å². The number of benzene rings is 1. The monoisotopic (exact) mass is 536 g/mol. The molecule has 1 aromatic carbocycles. The van der Waals surface area contributed by atoms with Gasteiger partial charge in [0, 0.05) is 26.1 Å². The molecule has 2 heterocycles. The number of nitrogens with zero attached hydrogens (tertiary/aromatic N) is 4. The van der Waals surface area contributed by atoms with Gasteiger partial charge in [-0.05, 0) is 37.5 Å². The maximum Gasteiger partial charge on any atom is 0.387 e. The number of halogens is 3. The number of hydrogen-bond acceptors (Lipinski definition) is 5. The Labute approximate surface area is 191 Å². The molecule has 0 radical (unpaired) electrons. The van der Waals surface area contributed by atoms with Gasteiger partial charge in [0.15, 0.2) is 11.8 Å². The van der Waals surface area contributed by atoms with Crippen molar-refractivity contribution in [3.63, 3.8) is 0 Å². The first-order chi connectivity index (χ1) is 14.1. The molecule has 1 atom stereocenters. The van der Waals surface area contributed by atoms with E-state index in [1.165, 1.54) is 12.1 Å². The summed E-state index contributed by atoms with van der Waals surface area (Å²) in [6, 6.07) is 5.91. The molecule has 0 spiro atoms. The first-order valence-corrected chi connectivity index (χ1v) is 9.72. The van der Waals surface area contributed by atoms with Crippen LogP contribution in [-0.2, 0) is 19.5 Å². The molecule has 3 rings (SSSR count). The van der Waals surface area contributed by atoms with E-state index in [2.05, 4.69) is 35.1 Å². The maximum absolute atomic E-state index is 12.2. The Morgan fingerprint density at radius 2 is 2.00 bits per heavy atom. The van der Waals surface area contributed by atoms with Crippen LogP contribution in [-0.4, -0.2) is 45.5 Å². The van der Waals surface area contributed by atoms with Gasteiger partial charge in [-0.3, -0.25) is 0 Å². The van der Waals surface area contributed by atoms with Crippen LogP contribution in [0.5, 0.6) is 5.75 Å². The normalized spacial score (nSPS) is 14.6. The Kier molecular flexibility index (Phi) is 9.69. The van der Waals surface area contributed by atoms with E-state index in [1.54, 1.807) is 12.1 Å². The largest absolute Gasteiger partial charge is 0.435 e. The number of aliphatic hydroxyl groups excluding tert-OH is 1. The highest BCUT2D eigenvalue weighted by atomic mass is 127. The fourth-order valence-electron chi connectivity index (χ4n) is 3.16. The predicted octanol–water partition coefficient (Wildman–Crippen LogP) is 2.62. The number of guanidine groups is 1. The van der Waals surface area contributed by atoms with Crippen LogP contribution < -0.4 is 15.4 Å². The second-order valence-corrected chi connectivity index (χ2v) is 6.68. The van der Waals surface area contributed by atoms with Crippen LogP contribution in [0.1, 0.15) is 43.1 Å². The molecule has 8 nitrogen and oxygen atoms in total. The van der Waals surface area contributed by atoms with Gasteiger partial charge in [0.25, 0.3) is 0 Å². The summed E-state index contributed by atoms with van der Waals surface area (Å²) in [5.74, 6) is 2.44. The van der Waals surface area contributed by atoms with E-state index in [1.807, 2.05) is 6.92 Å². The van der Waals surface area contributed by atoms with Gasteiger partial charge < -0.3 is 25.0 Å². The molecule has 1 unspecified atom stereocenters. The molecule has 11 heteroatoms. The number of ether oxygens (including phenoxy) is 1. The number of nitrogens with one attached hydrogen (secondary N) is 2. The van der Waals surface area contributed by atoms with Gasteiger partial charge in [-0.15, -0.1) is 34.2 Å². The fraction of sp³-hybridized carbons (Fsp3) is 0.526. The van der Waals surface area contributed by atoms with Crippen molar-refractivity contribution in [2.45, 2.75) is 52.0 Å². The minimum absolute atomic E-state index is 0. The number of aliphatic hydroxyl groups is 1. The Bertz CT molecular complexity index is 816. The van der Waals surface area contributed by atoms with Crippen LogP contribution in [0.2, 0.25) is 0 Å². The van der Waals surface area contributed by atoms with E-state index in [-0.39, 0.29) is 36.3 Å². The molecule has 1 aliphatic rings. The van der Waals surface area contributed by atoms with E-state index >= 15 is 0 Å².